The van der Waals surface area contributed by atoms with E-state index >= 15 is 0 Å². The van der Waals surface area contributed by atoms with Gasteiger partial charge in [0.25, 0.3) is 0 Å². The van der Waals surface area contributed by atoms with E-state index in [1.807, 2.05) is 0 Å². The van der Waals surface area contributed by atoms with Gasteiger partial charge in [-0.3, -0.25) is 9.59 Å². The summed E-state index contributed by atoms with van der Waals surface area (Å²) in [5.74, 6) is -2.42. The molecule has 1 aliphatic carbocycles. The van der Waals surface area contributed by atoms with Gasteiger partial charge in [0, 0.05) is 5.92 Å². The molecule has 1 fully saturated rings. The minimum Gasteiger partial charge on any atom is -0.468 e. The van der Waals surface area contributed by atoms with E-state index in [0.717, 1.165) is 0 Å². The number of amides is 1. The number of carbonyl (C=O) groups is 2. The lowest BCUT2D eigenvalue weighted by Crippen LogP contribution is -2.34. The Kier molecular flexibility index (Phi) is 2.61. The Bertz CT molecular complexity index is 488. The lowest BCUT2D eigenvalue weighted by atomic mass is 9.98. The molecule has 0 heterocycles. The monoisotopic (exact) mass is 237 g/mol. The number of nitrogens with two attached hydrogens (primary N) is 1. The topological polar surface area (TPSA) is 69.4 Å². The average Bonchev–Trinajstić information content (AvgIpc) is 3.05. The second kappa shape index (κ2) is 3.84. The smallest absolute Gasteiger partial charge is 0.322 e. The van der Waals surface area contributed by atoms with Gasteiger partial charge < -0.3 is 10.5 Å². The highest BCUT2D eigenvalue weighted by Gasteiger charge is 2.67. The minimum atomic E-state index is -1.39. The molecule has 0 bridgehead atoms. The van der Waals surface area contributed by atoms with Crippen LogP contribution in [0, 0.1) is 11.2 Å². The first-order chi connectivity index (χ1) is 8.04. The predicted octanol–water partition coefficient (Wildman–Crippen LogP) is 0.958. The van der Waals surface area contributed by atoms with E-state index in [2.05, 4.69) is 4.74 Å². The molecule has 2 rings (SSSR count). The number of halogens is 1. The fourth-order valence-corrected chi connectivity index (χ4v) is 2.18. The van der Waals surface area contributed by atoms with Crippen LogP contribution in [-0.2, 0) is 14.3 Å². The fourth-order valence-electron chi connectivity index (χ4n) is 2.18. The molecule has 2 unspecified atom stereocenters. The van der Waals surface area contributed by atoms with Crippen molar-refractivity contribution in [1.29, 1.82) is 0 Å². The number of benzene rings is 1. The van der Waals surface area contributed by atoms with E-state index in [-0.39, 0.29) is 6.42 Å². The third kappa shape index (κ3) is 1.58. The summed E-state index contributed by atoms with van der Waals surface area (Å²) in [5, 5.41) is 0. The average molecular weight is 237 g/mol. The zero-order chi connectivity index (χ0) is 12.6. The summed E-state index contributed by atoms with van der Waals surface area (Å²) >= 11 is 0. The Hall–Kier alpha value is -1.91. The van der Waals surface area contributed by atoms with Gasteiger partial charge in [-0.2, -0.15) is 0 Å². The maximum Gasteiger partial charge on any atom is 0.322 e. The molecule has 90 valence electrons. The molecule has 0 aromatic heterocycles. The van der Waals surface area contributed by atoms with E-state index in [4.69, 9.17) is 5.73 Å². The number of hydrogen-bond acceptors (Lipinski definition) is 3. The lowest BCUT2D eigenvalue weighted by molar-refractivity contribution is -0.151. The van der Waals surface area contributed by atoms with Crippen LogP contribution in [0.5, 0.6) is 0 Å². The van der Waals surface area contributed by atoms with Crippen molar-refractivity contribution in [3.63, 3.8) is 0 Å². The number of ether oxygens (including phenoxy) is 1. The molecule has 0 aliphatic heterocycles. The van der Waals surface area contributed by atoms with E-state index in [9.17, 15) is 14.0 Å². The zero-order valence-electron chi connectivity index (χ0n) is 9.27. The largest absolute Gasteiger partial charge is 0.468 e. The first-order valence-electron chi connectivity index (χ1n) is 5.16. The molecule has 5 heteroatoms. The summed E-state index contributed by atoms with van der Waals surface area (Å²) in [5.41, 5.74) is 4.16. The summed E-state index contributed by atoms with van der Waals surface area (Å²) in [6, 6.07) is 6.04. The lowest BCUT2D eigenvalue weighted by Gasteiger charge is -2.11. The molecular formula is C12H12FNO3. The molecular weight excluding hydrogens is 225 g/mol. The molecule has 1 saturated carbocycles. The molecule has 4 nitrogen and oxygen atoms in total. The SMILES string of the molecule is COC(=O)C1(C(N)=O)CC1c1ccccc1F. The van der Waals surface area contributed by atoms with Crippen LogP contribution in [0.3, 0.4) is 0 Å². The highest BCUT2D eigenvalue weighted by molar-refractivity contribution is 6.06. The van der Waals surface area contributed by atoms with Crippen molar-refractivity contribution in [2.45, 2.75) is 12.3 Å². The van der Waals surface area contributed by atoms with Crippen molar-refractivity contribution in [3.05, 3.63) is 35.6 Å². The summed E-state index contributed by atoms with van der Waals surface area (Å²) < 4.78 is 18.1. The van der Waals surface area contributed by atoms with Gasteiger partial charge in [-0.25, -0.2) is 4.39 Å². The van der Waals surface area contributed by atoms with E-state index in [1.54, 1.807) is 18.2 Å². The summed E-state index contributed by atoms with van der Waals surface area (Å²) in [4.78, 5) is 23.0. The van der Waals surface area contributed by atoms with Crippen molar-refractivity contribution in [3.8, 4) is 0 Å². The van der Waals surface area contributed by atoms with Crippen LogP contribution in [0.1, 0.15) is 17.9 Å². The standard InChI is InChI=1S/C12H12FNO3/c1-17-11(16)12(10(14)15)6-8(12)7-4-2-3-5-9(7)13/h2-5,8H,6H2,1H3,(H2,14,15). The van der Waals surface area contributed by atoms with Gasteiger partial charge in [0.2, 0.25) is 5.91 Å². The molecule has 1 aromatic carbocycles. The van der Waals surface area contributed by atoms with Crippen molar-refractivity contribution in [2.24, 2.45) is 11.1 Å². The van der Waals surface area contributed by atoms with E-state index < -0.39 is 29.0 Å². The fraction of sp³-hybridized carbons (Fsp3) is 0.333. The first kappa shape index (κ1) is 11.6. The highest BCUT2D eigenvalue weighted by Crippen LogP contribution is 2.60. The van der Waals surface area contributed by atoms with Crippen molar-refractivity contribution >= 4 is 11.9 Å². The second-order valence-electron chi connectivity index (χ2n) is 4.11. The number of rotatable bonds is 3. The van der Waals surface area contributed by atoms with Crippen molar-refractivity contribution in [1.82, 2.24) is 0 Å². The van der Waals surface area contributed by atoms with Crippen LogP contribution in [-0.4, -0.2) is 19.0 Å². The Labute approximate surface area is 97.6 Å². The summed E-state index contributed by atoms with van der Waals surface area (Å²) in [7, 11) is 1.18. The number of carbonyl (C=O) groups excluding carboxylic acids is 2. The molecule has 2 atom stereocenters. The third-order valence-corrected chi connectivity index (χ3v) is 3.23. The van der Waals surface area contributed by atoms with E-state index in [1.165, 1.54) is 13.2 Å². The molecule has 1 aromatic rings. The minimum absolute atomic E-state index is 0.204. The number of methoxy groups -OCH3 is 1. The molecule has 0 saturated heterocycles. The molecule has 1 amide bonds. The van der Waals surface area contributed by atoms with Gasteiger partial charge in [0.05, 0.1) is 7.11 Å². The normalized spacial score (nSPS) is 26.4. The van der Waals surface area contributed by atoms with Crippen molar-refractivity contribution in [2.75, 3.05) is 7.11 Å². The van der Waals surface area contributed by atoms with Gasteiger partial charge in [-0.15, -0.1) is 0 Å². The van der Waals surface area contributed by atoms with Gasteiger partial charge in [0.15, 0.2) is 5.41 Å². The molecule has 0 spiro atoms. The van der Waals surface area contributed by atoms with Crippen LogP contribution >= 0.6 is 0 Å². The molecule has 1 aliphatic rings. The van der Waals surface area contributed by atoms with Gasteiger partial charge in [0.1, 0.15) is 5.82 Å². The third-order valence-electron chi connectivity index (χ3n) is 3.23. The quantitative estimate of drug-likeness (QED) is 0.628. The molecule has 17 heavy (non-hydrogen) atoms. The van der Waals surface area contributed by atoms with Crippen LogP contribution in [0.2, 0.25) is 0 Å². The summed E-state index contributed by atoms with van der Waals surface area (Å²) in [6.45, 7) is 0. The second-order valence-corrected chi connectivity index (χ2v) is 4.11. The number of esters is 1. The zero-order valence-corrected chi connectivity index (χ0v) is 9.27. The number of primary amides is 1. The van der Waals surface area contributed by atoms with Crippen LogP contribution in [0.15, 0.2) is 24.3 Å². The van der Waals surface area contributed by atoms with Crippen LogP contribution in [0.25, 0.3) is 0 Å². The Morgan fingerprint density at radius 2 is 2.12 bits per heavy atom. The maximum atomic E-state index is 13.6. The Morgan fingerprint density at radius 3 is 2.65 bits per heavy atom. The predicted molar refractivity (Wildman–Crippen MR) is 57.4 cm³/mol. The molecule has 2 N–H and O–H groups in total. The van der Waals surface area contributed by atoms with Gasteiger partial charge in [-0.05, 0) is 18.1 Å². The van der Waals surface area contributed by atoms with E-state index in [0.29, 0.717) is 5.56 Å². The number of hydrogen-bond donors (Lipinski definition) is 1. The van der Waals surface area contributed by atoms with Gasteiger partial charge >= 0.3 is 5.97 Å². The Balaban J connectivity index is 2.36. The van der Waals surface area contributed by atoms with Crippen LogP contribution in [0.4, 0.5) is 4.39 Å². The van der Waals surface area contributed by atoms with Gasteiger partial charge in [-0.1, -0.05) is 18.2 Å². The van der Waals surface area contributed by atoms with Crippen LogP contribution < -0.4 is 5.73 Å². The first-order valence-corrected chi connectivity index (χ1v) is 5.16. The summed E-state index contributed by atoms with van der Waals surface area (Å²) in [6.07, 6.45) is 0.204. The van der Waals surface area contributed by atoms with Crippen molar-refractivity contribution < 1.29 is 18.7 Å². The Morgan fingerprint density at radius 1 is 1.47 bits per heavy atom. The highest BCUT2D eigenvalue weighted by atomic mass is 19.1. The maximum absolute atomic E-state index is 13.6. The molecule has 0 radical (unpaired) electrons.